The van der Waals surface area contributed by atoms with Gasteiger partial charge in [0.25, 0.3) is 0 Å². The summed E-state index contributed by atoms with van der Waals surface area (Å²) in [6.45, 7) is 3.88. The van der Waals surface area contributed by atoms with Crippen LogP contribution in [0.2, 0.25) is 0 Å². The number of aromatic nitrogens is 1. The van der Waals surface area contributed by atoms with E-state index in [4.69, 9.17) is 0 Å². The molecule has 0 bridgehead atoms. The number of para-hydroxylation sites is 1. The Balaban J connectivity index is 1.73. The smallest absolute Gasteiger partial charge is 0.235 e. The van der Waals surface area contributed by atoms with Gasteiger partial charge in [0, 0.05) is 18.5 Å². The highest BCUT2D eigenvalue weighted by molar-refractivity contribution is 8.00. The van der Waals surface area contributed by atoms with Crippen molar-refractivity contribution in [3.63, 3.8) is 0 Å². The van der Waals surface area contributed by atoms with Crippen LogP contribution in [0.4, 0.5) is 0 Å². The Bertz CT molecular complexity index is 912. The predicted molar refractivity (Wildman–Crippen MR) is 102 cm³/mol. The molecule has 0 radical (unpaired) electrons. The van der Waals surface area contributed by atoms with Gasteiger partial charge in [-0.25, -0.2) is 13.4 Å². The maximum atomic E-state index is 12.7. The highest BCUT2D eigenvalue weighted by Crippen LogP contribution is 2.28. The van der Waals surface area contributed by atoms with Crippen LogP contribution in [0, 0.1) is 6.92 Å². The van der Waals surface area contributed by atoms with Gasteiger partial charge in [-0.15, -0.1) is 0 Å². The molecule has 1 aromatic carbocycles. The van der Waals surface area contributed by atoms with Crippen molar-refractivity contribution < 1.29 is 13.2 Å². The molecule has 1 aromatic heterocycles. The Kier molecular flexibility index (Phi) is 5.06. The summed E-state index contributed by atoms with van der Waals surface area (Å²) in [6.07, 6.45) is 0.523. The molecule has 0 N–H and O–H groups in total. The highest BCUT2D eigenvalue weighted by Gasteiger charge is 2.34. The monoisotopic (exact) mass is 378 g/mol. The minimum absolute atomic E-state index is 0.0558. The largest absolute Gasteiger partial charge is 0.341 e. The molecule has 0 saturated carbocycles. The summed E-state index contributed by atoms with van der Waals surface area (Å²) >= 11 is 1.42. The molecule has 7 heteroatoms. The van der Waals surface area contributed by atoms with Crippen LogP contribution in [0.5, 0.6) is 0 Å². The van der Waals surface area contributed by atoms with E-state index in [2.05, 4.69) is 4.98 Å². The number of pyridine rings is 1. The zero-order chi connectivity index (χ0) is 18.2. The van der Waals surface area contributed by atoms with E-state index in [1.54, 1.807) is 11.9 Å². The van der Waals surface area contributed by atoms with Gasteiger partial charge in [-0.3, -0.25) is 4.79 Å². The number of carbonyl (C=O) groups is 1. The summed E-state index contributed by atoms with van der Waals surface area (Å²) in [5.41, 5.74) is 2.04. The molecule has 0 aliphatic carbocycles. The first-order valence-corrected chi connectivity index (χ1v) is 11.0. The van der Waals surface area contributed by atoms with Crippen LogP contribution >= 0.6 is 11.8 Å². The van der Waals surface area contributed by atoms with Gasteiger partial charge in [-0.05, 0) is 38.0 Å². The normalized spacial score (nSPS) is 20.5. The molecule has 1 fully saturated rings. The molecule has 1 saturated heterocycles. The van der Waals surface area contributed by atoms with Crippen LogP contribution in [0.1, 0.15) is 18.9 Å². The molecule has 3 rings (SSSR count). The van der Waals surface area contributed by atoms with E-state index in [-0.39, 0.29) is 28.7 Å². The van der Waals surface area contributed by atoms with Gasteiger partial charge < -0.3 is 4.90 Å². The number of amides is 1. The lowest BCUT2D eigenvalue weighted by Crippen LogP contribution is -2.41. The number of hydrogen-bond donors (Lipinski definition) is 0. The first-order chi connectivity index (χ1) is 11.8. The van der Waals surface area contributed by atoms with Gasteiger partial charge in [0.05, 0.1) is 27.3 Å². The second-order valence-corrected chi connectivity index (χ2v) is 10.2. The van der Waals surface area contributed by atoms with Gasteiger partial charge >= 0.3 is 0 Å². The van der Waals surface area contributed by atoms with Crippen LogP contribution in [0.25, 0.3) is 10.9 Å². The van der Waals surface area contributed by atoms with E-state index >= 15 is 0 Å². The summed E-state index contributed by atoms with van der Waals surface area (Å²) in [6, 6.07) is 9.72. The van der Waals surface area contributed by atoms with Crippen molar-refractivity contribution >= 4 is 38.4 Å². The van der Waals surface area contributed by atoms with Crippen LogP contribution in [-0.4, -0.2) is 54.1 Å². The molecule has 25 heavy (non-hydrogen) atoms. The summed E-state index contributed by atoms with van der Waals surface area (Å²) in [4.78, 5) is 18.9. The van der Waals surface area contributed by atoms with E-state index < -0.39 is 9.84 Å². The zero-order valence-electron chi connectivity index (χ0n) is 14.6. The number of fused-ring (bicyclic) bond motifs is 1. The van der Waals surface area contributed by atoms with Crippen molar-refractivity contribution in [2.45, 2.75) is 36.6 Å². The number of benzene rings is 1. The van der Waals surface area contributed by atoms with E-state index in [0.717, 1.165) is 21.5 Å². The number of thioether (sulfide) groups is 1. The lowest BCUT2D eigenvalue weighted by Gasteiger charge is -2.26. The number of aryl methyl sites for hydroxylation is 1. The summed E-state index contributed by atoms with van der Waals surface area (Å²) in [5.74, 6) is 0.182. The Morgan fingerprint density at radius 3 is 2.76 bits per heavy atom. The second-order valence-electron chi connectivity index (χ2n) is 6.56. The first kappa shape index (κ1) is 18.2. The molecule has 5 nitrogen and oxygen atoms in total. The van der Waals surface area contributed by atoms with Crippen molar-refractivity contribution in [1.82, 2.24) is 9.88 Å². The quantitative estimate of drug-likeness (QED) is 0.765. The Hall–Kier alpha value is -1.60. The Morgan fingerprint density at radius 1 is 1.36 bits per heavy atom. The van der Waals surface area contributed by atoms with E-state index in [1.165, 1.54) is 11.8 Å². The molecule has 0 unspecified atom stereocenters. The minimum atomic E-state index is -3.00. The molecule has 0 spiro atoms. The maximum Gasteiger partial charge on any atom is 0.235 e. The fourth-order valence-electron chi connectivity index (χ4n) is 3.16. The molecule has 134 valence electrons. The third kappa shape index (κ3) is 3.98. The fraction of sp³-hybridized carbons (Fsp3) is 0.444. The standard InChI is InChI=1S/C18H22N2O3S2/c1-12-10-17(19-16-7-5-4-6-15(12)16)24-13(2)18(21)20(3)14-8-9-25(22,23)11-14/h4-7,10,13-14H,8-9,11H2,1-3H3/t13-,14+/m0/s1. The van der Waals surface area contributed by atoms with Crippen LogP contribution in [0.15, 0.2) is 35.4 Å². The summed E-state index contributed by atoms with van der Waals surface area (Å²) < 4.78 is 23.3. The molecule has 1 aliphatic rings. The number of sulfone groups is 1. The van der Waals surface area contributed by atoms with E-state index in [1.807, 2.05) is 44.2 Å². The molecule has 1 amide bonds. The van der Waals surface area contributed by atoms with Gasteiger partial charge in [0.1, 0.15) is 0 Å². The Morgan fingerprint density at radius 2 is 2.08 bits per heavy atom. The fourth-order valence-corrected chi connectivity index (χ4v) is 5.96. The molecule has 2 heterocycles. The van der Waals surface area contributed by atoms with Crippen molar-refractivity contribution in [2.24, 2.45) is 0 Å². The molecule has 1 aliphatic heterocycles. The third-order valence-corrected chi connectivity index (χ3v) is 7.40. The average Bonchev–Trinajstić information content (AvgIpc) is 2.93. The topological polar surface area (TPSA) is 67.3 Å². The average molecular weight is 379 g/mol. The first-order valence-electron chi connectivity index (χ1n) is 8.27. The van der Waals surface area contributed by atoms with Gasteiger partial charge in [-0.1, -0.05) is 30.0 Å². The van der Waals surface area contributed by atoms with Crippen molar-refractivity contribution in [3.8, 4) is 0 Å². The minimum Gasteiger partial charge on any atom is -0.341 e. The zero-order valence-corrected chi connectivity index (χ0v) is 16.2. The van der Waals surface area contributed by atoms with Crippen molar-refractivity contribution in [3.05, 3.63) is 35.9 Å². The number of carbonyl (C=O) groups excluding carboxylic acids is 1. The number of rotatable bonds is 4. The van der Waals surface area contributed by atoms with Crippen molar-refractivity contribution in [1.29, 1.82) is 0 Å². The molecule has 2 aromatic rings. The lowest BCUT2D eigenvalue weighted by molar-refractivity contribution is -0.130. The highest BCUT2D eigenvalue weighted by atomic mass is 32.2. The Labute approximate surface area is 152 Å². The molecular weight excluding hydrogens is 356 g/mol. The number of hydrogen-bond acceptors (Lipinski definition) is 5. The SMILES string of the molecule is Cc1cc(S[C@@H](C)C(=O)N(C)[C@@H]2CCS(=O)(=O)C2)nc2ccccc12. The molecule has 2 atom stereocenters. The molecular formula is C18H22N2O3S2. The van der Waals surface area contributed by atoms with Crippen molar-refractivity contribution in [2.75, 3.05) is 18.6 Å². The van der Waals surface area contributed by atoms with Crippen LogP contribution in [-0.2, 0) is 14.6 Å². The summed E-state index contributed by atoms with van der Waals surface area (Å²) in [5, 5.41) is 1.60. The van der Waals surface area contributed by atoms with Gasteiger partial charge in [0.15, 0.2) is 9.84 Å². The van der Waals surface area contributed by atoms with E-state index in [9.17, 15) is 13.2 Å². The third-order valence-electron chi connectivity index (χ3n) is 4.65. The van der Waals surface area contributed by atoms with Crippen LogP contribution < -0.4 is 0 Å². The lowest BCUT2D eigenvalue weighted by atomic mass is 10.1. The summed E-state index contributed by atoms with van der Waals surface area (Å²) in [7, 11) is -1.30. The van der Waals surface area contributed by atoms with Crippen LogP contribution in [0.3, 0.4) is 0 Å². The predicted octanol–water partition coefficient (Wildman–Crippen LogP) is 2.67. The van der Waals surface area contributed by atoms with Gasteiger partial charge in [-0.2, -0.15) is 0 Å². The van der Waals surface area contributed by atoms with Gasteiger partial charge in [0.2, 0.25) is 5.91 Å². The van der Waals surface area contributed by atoms with E-state index in [0.29, 0.717) is 6.42 Å². The maximum absolute atomic E-state index is 12.7. The number of nitrogens with zero attached hydrogens (tertiary/aromatic N) is 2. The second kappa shape index (κ2) is 6.96.